The third-order valence-electron chi connectivity index (χ3n) is 6.10. The number of amides is 1. The van der Waals surface area contributed by atoms with Crippen molar-refractivity contribution in [3.05, 3.63) is 52.1 Å². The van der Waals surface area contributed by atoms with Gasteiger partial charge in [-0.25, -0.2) is 4.39 Å². The highest BCUT2D eigenvalue weighted by Gasteiger charge is 2.38. The molecule has 1 aromatic heterocycles. The molecule has 0 saturated carbocycles. The molecule has 31 heavy (non-hydrogen) atoms. The van der Waals surface area contributed by atoms with E-state index >= 15 is 0 Å². The summed E-state index contributed by atoms with van der Waals surface area (Å²) < 4.78 is 54.3. The number of fused-ring (bicyclic) bond motifs is 1. The number of carbonyl (C=O) groups is 2. The topological polar surface area (TPSA) is 69.3 Å². The van der Waals surface area contributed by atoms with Gasteiger partial charge in [-0.05, 0) is 37.3 Å². The van der Waals surface area contributed by atoms with E-state index in [9.17, 15) is 27.2 Å². The molecule has 1 amide bonds. The largest absolute Gasteiger partial charge is 0.416 e. The zero-order chi connectivity index (χ0) is 22.2. The van der Waals surface area contributed by atoms with Gasteiger partial charge in [-0.1, -0.05) is 6.07 Å². The number of aromatic nitrogens is 2. The lowest BCUT2D eigenvalue weighted by molar-refractivity contribution is -0.138. The smallest absolute Gasteiger partial charge is 0.337 e. The van der Waals surface area contributed by atoms with Crippen molar-refractivity contribution >= 4 is 12.2 Å². The molecule has 10 heteroatoms. The maximum absolute atomic E-state index is 14.3. The molecule has 166 valence electrons. The Morgan fingerprint density at radius 1 is 1.23 bits per heavy atom. The molecule has 0 bridgehead atoms. The zero-order valence-electron chi connectivity index (χ0n) is 16.7. The molecule has 0 unspecified atom stereocenters. The number of aromatic amines is 1. The number of aldehydes is 1. The SMILES string of the molecule is O=CCN1CCc2c(C(=O)N3CCC(c4c(F)cccc4C(F)(F)F)CC3)n[nH]c2C1. The van der Waals surface area contributed by atoms with E-state index in [-0.39, 0.29) is 37.4 Å². The molecule has 1 N–H and O–H groups in total. The molecule has 0 atom stereocenters. The second kappa shape index (κ2) is 8.41. The van der Waals surface area contributed by atoms with Crippen LogP contribution in [0.3, 0.4) is 0 Å². The van der Waals surface area contributed by atoms with E-state index in [1.165, 1.54) is 0 Å². The van der Waals surface area contributed by atoms with E-state index in [1.807, 2.05) is 4.90 Å². The fourth-order valence-corrected chi connectivity index (χ4v) is 4.53. The predicted molar refractivity (Wildman–Crippen MR) is 103 cm³/mol. The van der Waals surface area contributed by atoms with Crippen LogP contribution in [0.4, 0.5) is 17.6 Å². The summed E-state index contributed by atoms with van der Waals surface area (Å²) in [5, 5.41) is 7.04. The average molecular weight is 438 g/mol. The van der Waals surface area contributed by atoms with E-state index in [0.717, 1.165) is 35.7 Å². The number of nitrogens with one attached hydrogen (secondary N) is 1. The van der Waals surface area contributed by atoms with Crippen molar-refractivity contribution in [3.63, 3.8) is 0 Å². The van der Waals surface area contributed by atoms with Crippen molar-refractivity contribution in [2.45, 2.75) is 37.9 Å². The Labute approximate surface area is 176 Å². The maximum atomic E-state index is 14.3. The lowest BCUT2D eigenvalue weighted by Gasteiger charge is -2.33. The van der Waals surface area contributed by atoms with Crippen molar-refractivity contribution in [1.29, 1.82) is 0 Å². The van der Waals surface area contributed by atoms with E-state index in [2.05, 4.69) is 10.2 Å². The van der Waals surface area contributed by atoms with Crippen LogP contribution >= 0.6 is 0 Å². The van der Waals surface area contributed by atoms with Gasteiger partial charge < -0.3 is 9.69 Å². The Morgan fingerprint density at radius 3 is 2.65 bits per heavy atom. The number of alkyl halides is 3. The first-order valence-corrected chi connectivity index (χ1v) is 10.2. The monoisotopic (exact) mass is 438 g/mol. The first kappa shape index (κ1) is 21.5. The Kier molecular flexibility index (Phi) is 5.83. The number of benzene rings is 1. The van der Waals surface area contributed by atoms with Crippen LogP contribution in [0.15, 0.2) is 18.2 Å². The molecule has 1 fully saturated rings. The Morgan fingerprint density at radius 2 is 1.97 bits per heavy atom. The van der Waals surface area contributed by atoms with Crippen molar-refractivity contribution < 1.29 is 27.2 Å². The minimum absolute atomic E-state index is 0.230. The van der Waals surface area contributed by atoms with Crippen molar-refractivity contribution in [1.82, 2.24) is 20.0 Å². The summed E-state index contributed by atoms with van der Waals surface area (Å²) in [5.41, 5.74) is 0.685. The molecule has 0 aliphatic carbocycles. The summed E-state index contributed by atoms with van der Waals surface area (Å²) >= 11 is 0. The minimum Gasteiger partial charge on any atom is -0.337 e. The number of nitrogens with zero attached hydrogens (tertiary/aromatic N) is 3. The summed E-state index contributed by atoms with van der Waals surface area (Å²) in [6.45, 7) is 1.92. The van der Waals surface area contributed by atoms with Crippen LogP contribution in [-0.4, -0.2) is 58.4 Å². The van der Waals surface area contributed by atoms with Crippen molar-refractivity contribution in [2.24, 2.45) is 0 Å². The van der Waals surface area contributed by atoms with Gasteiger partial charge in [-0.15, -0.1) is 0 Å². The number of piperidine rings is 1. The number of hydrogen-bond donors (Lipinski definition) is 1. The van der Waals surface area contributed by atoms with Gasteiger partial charge in [-0.2, -0.15) is 18.3 Å². The summed E-state index contributed by atoms with van der Waals surface area (Å²) in [4.78, 5) is 27.2. The lowest BCUT2D eigenvalue weighted by Crippen LogP contribution is -2.39. The summed E-state index contributed by atoms with van der Waals surface area (Å²) in [7, 11) is 0. The summed E-state index contributed by atoms with van der Waals surface area (Å²) in [5.74, 6) is -1.74. The van der Waals surface area contributed by atoms with Gasteiger partial charge in [0.1, 0.15) is 12.1 Å². The summed E-state index contributed by atoms with van der Waals surface area (Å²) in [6.07, 6.45) is -2.72. The highest BCUT2D eigenvalue weighted by atomic mass is 19.4. The highest BCUT2D eigenvalue weighted by molar-refractivity contribution is 5.94. The fraction of sp³-hybridized carbons (Fsp3) is 0.476. The van der Waals surface area contributed by atoms with Gasteiger partial charge in [0.15, 0.2) is 5.69 Å². The molecule has 6 nitrogen and oxygen atoms in total. The number of halogens is 4. The average Bonchev–Trinajstić information content (AvgIpc) is 3.16. The van der Waals surface area contributed by atoms with Crippen LogP contribution in [0.2, 0.25) is 0 Å². The van der Waals surface area contributed by atoms with Crippen LogP contribution in [0, 0.1) is 5.82 Å². The standard InChI is InChI=1S/C21H22F4N4O2/c22-16-3-1-2-15(21(23,24)25)18(16)13-4-8-29(9-5-13)20(31)19-14-6-7-28(10-11-30)12-17(14)26-27-19/h1-3,11,13H,4-10,12H2,(H,26,27). The highest BCUT2D eigenvalue weighted by Crippen LogP contribution is 2.40. The molecule has 0 radical (unpaired) electrons. The molecule has 3 heterocycles. The van der Waals surface area contributed by atoms with E-state index < -0.39 is 23.5 Å². The number of likely N-dealkylation sites (tertiary alicyclic amines) is 1. The van der Waals surface area contributed by atoms with Crippen LogP contribution in [-0.2, 0) is 23.9 Å². The van der Waals surface area contributed by atoms with Gasteiger partial charge >= 0.3 is 6.18 Å². The van der Waals surface area contributed by atoms with Crippen molar-refractivity contribution in [2.75, 3.05) is 26.2 Å². The molecule has 2 aliphatic heterocycles. The molecular weight excluding hydrogens is 416 g/mol. The van der Waals surface area contributed by atoms with Gasteiger partial charge in [0, 0.05) is 37.3 Å². The van der Waals surface area contributed by atoms with E-state index in [0.29, 0.717) is 31.7 Å². The van der Waals surface area contributed by atoms with E-state index in [4.69, 9.17) is 0 Å². The molecule has 0 spiro atoms. The number of rotatable bonds is 4. The lowest BCUT2D eigenvalue weighted by atomic mass is 9.85. The Bertz CT molecular complexity index is 980. The third-order valence-corrected chi connectivity index (χ3v) is 6.10. The second-order valence-electron chi connectivity index (χ2n) is 7.95. The molecule has 2 aromatic rings. The van der Waals surface area contributed by atoms with E-state index in [1.54, 1.807) is 4.90 Å². The summed E-state index contributed by atoms with van der Waals surface area (Å²) in [6, 6.07) is 3.02. The second-order valence-corrected chi connectivity index (χ2v) is 7.95. The van der Waals surface area contributed by atoms with Crippen LogP contribution < -0.4 is 0 Å². The van der Waals surface area contributed by atoms with Gasteiger partial charge in [-0.3, -0.25) is 14.8 Å². The van der Waals surface area contributed by atoms with Gasteiger partial charge in [0.05, 0.1) is 17.8 Å². The first-order chi connectivity index (χ1) is 14.8. The molecule has 4 rings (SSSR count). The zero-order valence-corrected chi connectivity index (χ0v) is 16.7. The van der Waals surface area contributed by atoms with Gasteiger partial charge in [0.2, 0.25) is 0 Å². The number of carbonyl (C=O) groups excluding carboxylic acids is 2. The Balaban J connectivity index is 1.46. The quantitative estimate of drug-likeness (QED) is 0.588. The fourth-order valence-electron chi connectivity index (χ4n) is 4.53. The minimum atomic E-state index is -4.63. The predicted octanol–water partition coefficient (Wildman–Crippen LogP) is 3.14. The van der Waals surface area contributed by atoms with Crippen molar-refractivity contribution in [3.8, 4) is 0 Å². The normalized spacial score (nSPS) is 18.1. The first-order valence-electron chi connectivity index (χ1n) is 10.2. The molecule has 1 aromatic carbocycles. The third kappa shape index (κ3) is 4.21. The molecule has 1 saturated heterocycles. The van der Waals surface area contributed by atoms with Gasteiger partial charge in [0.25, 0.3) is 5.91 Å². The maximum Gasteiger partial charge on any atom is 0.416 e. The molecular formula is C21H22F4N4O2. The van der Waals surface area contributed by atoms with Crippen LogP contribution in [0.25, 0.3) is 0 Å². The van der Waals surface area contributed by atoms with Crippen LogP contribution in [0.5, 0.6) is 0 Å². The van der Waals surface area contributed by atoms with Crippen LogP contribution in [0.1, 0.15) is 51.6 Å². The molecule has 2 aliphatic rings. The number of hydrogen-bond acceptors (Lipinski definition) is 4. The Hall–Kier alpha value is -2.75. The number of H-pyrrole nitrogens is 1.